The van der Waals surface area contributed by atoms with Crippen LogP contribution in [-0.2, 0) is 59.0 Å². The second-order valence-corrected chi connectivity index (χ2v) is 29.0. The van der Waals surface area contributed by atoms with E-state index in [-0.39, 0.29) is 57.5 Å². The number of phenols is 3. The second-order valence-electron chi connectivity index (χ2n) is 28.6. The number of phenolic OH excluding ortho intramolecular Hbond substituents is 3. The maximum absolute atomic E-state index is 16.3. The molecule has 6 aromatic rings. The van der Waals surface area contributed by atoms with Crippen LogP contribution >= 0.6 is 11.6 Å². The van der Waals surface area contributed by atoms with E-state index in [2.05, 4.69) is 37.2 Å². The van der Waals surface area contributed by atoms with Crippen LogP contribution in [0.15, 0.2) is 115 Å². The number of halogens is 1. The van der Waals surface area contributed by atoms with Gasteiger partial charge in [0.1, 0.15) is 89.5 Å². The molecule has 111 heavy (non-hydrogen) atoms. The number of likely N-dealkylation sites (N-methyl/N-ethyl adjacent to an activating group) is 1. The number of aryl methyl sites for hydroxylation is 1. The second kappa shape index (κ2) is 34.4. The Morgan fingerprint density at radius 1 is 0.730 bits per heavy atom. The number of aliphatic hydroxyl groups excluding tert-OH is 6. The molecule has 0 saturated carbocycles. The van der Waals surface area contributed by atoms with Crippen LogP contribution in [0.25, 0.3) is 17.2 Å². The summed E-state index contributed by atoms with van der Waals surface area (Å²) in [5, 5.41) is 133. The maximum atomic E-state index is 16.3. The number of fused-ring (bicyclic) bond motifs is 15. The minimum atomic E-state index is -2.34. The van der Waals surface area contributed by atoms with Gasteiger partial charge in [0.05, 0.1) is 36.3 Å². The Hall–Kier alpha value is -10.5. The molecule has 33 nitrogen and oxygen atoms in total. The molecule has 13 rings (SSSR count). The molecule has 0 radical (unpaired) electrons. The highest BCUT2D eigenvalue weighted by atomic mass is 35.5. The largest absolute Gasteiger partial charge is 0.508 e. The number of unbranched alkanes of at least 4 members (excludes halogenated alkanes) is 1. The molecule has 2 fully saturated rings. The van der Waals surface area contributed by atoms with Crippen LogP contribution in [0.3, 0.4) is 0 Å². The number of nitrogens with two attached hydrogens (primary N) is 2. The Morgan fingerprint density at radius 3 is 2.05 bits per heavy atom. The third-order valence-corrected chi connectivity index (χ3v) is 20.1. The maximum Gasteiger partial charge on any atom is 0.330 e. The molecule has 11 bridgehead atoms. The number of primary amides is 1. The zero-order valence-electron chi connectivity index (χ0n) is 60.6. The highest BCUT2D eigenvalue weighted by molar-refractivity contribution is 6.32. The Morgan fingerprint density at radius 2 is 1.39 bits per heavy atom. The van der Waals surface area contributed by atoms with Crippen LogP contribution in [-0.4, -0.2) is 191 Å². The smallest absolute Gasteiger partial charge is 0.330 e. The van der Waals surface area contributed by atoms with Gasteiger partial charge in [-0.1, -0.05) is 86.1 Å². The SMILES string of the molecule is CN[C@H](CC(C)C)C(=O)N[C@H]1C(=O)N[C@@H](CC(N)=O)C(=O)N[C@H]2C(=O)N[C@H]3C(=O)N[C@H](C(=O)N[C@H](C(=O)O)c4cc(O)cc(O)c4-c4cc3ccc4O)[C@H](O)c3ccc(c(/C=C/CCCc4ccccc4)c3)Oc3cc2cc(c3O[C@@H]2O[C@H](CO)[C@@H](O)[C@H](O)[C@H]2O[C@H]2C[C@](C)(N)[C@H](O)[C@H](C)O2)Oc2ccc(cc2Cl)[C@H]1O. The predicted molar refractivity (Wildman–Crippen MR) is 393 cm³/mol. The summed E-state index contributed by atoms with van der Waals surface area (Å²) >= 11 is 7.18. The average molecular weight is 1560 g/mol. The van der Waals surface area contributed by atoms with Gasteiger partial charge in [-0.3, -0.25) is 33.6 Å². The number of carbonyl (C=O) groups excluding carboxylic acids is 7. The van der Waals surface area contributed by atoms with Crippen molar-refractivity contribution in [3.63, 3.8) is 0 Å². The summed E-state index contributed by atoms with van der Waals surface area (Å²) in [6.45, 7) is 5.72. The fourth-order valence-electron chi connectivity index (χ4n) is 14.0. The van der Waals surface area contributed by atoms with Gasteiger partial charge in [0.25, 0.3) is 0 Å². The molecule has 592 valence electrons. The van der Waals surface area contributed by atoms with Crippen LogP contribution in [0.2, 0.25) is 5.02 Å². The van der Waals surface area contributed by atoms with Gasteiger partial charge in [-0.15, -0.1) is 0 Å². The molecule has 0 unspecified atom stereocenters. The fraction of sp³-hybridized carbons (Fsp3) is 0.403. The van der Waals surface area contributed by atoms with Gasteiger partial charge in [0.2, 0.25) is 53.4 Å². The number of amides is 7. The molecule has 7 amide bonds. The van der Waals surface area contributed by atoms with Crippen molar-refractivity contribution >= 4 is 65.0 Å². The molecule has 7 aliphatic heterocycles. The Bertz CT molecular complexity index is 4550. The van der Waals surface area contributed by atoms with Crippen LogP contribution in [0.4, 0.5) is 0 Å². The van der Waals surface area contributed by atoms with Crippen molar-refractivity contribution in [2.75, 3.05) is 13.7 Å². The molecule has 21 N–H and O–H groups in total. The van der Waals surface area contributed by atoms with Gasteiger partial charge in [0, 0.05) is 40.3 Å². The standard InChI is InChI=1S/C77H88ClN9O24/c1-33(2)22-45(81-5)69(98)86-60-63(94)39-18-21-50(44(78)25-39)108-52-27-40-26-51(66(52)111-76-67(65(96)64(95)53(32-88)109-76)110-55-31-77(4,80)68(97)34(3)106-55)107-49-20-17-38(23-36(49)15-11-7-10-14-35-12-8-6-9-13-35)62(93)61-74(103)85-59(75(104)105)43-28-41(89)29-48(91)56(43)42-24-37(16-19-47(42)90)57(71(100)87-61)84-72(101)58(40)83-70(99)46(30-54(79)92)82-73(60)102/h6,8-9,11-13,15-21,23-29,33-34,45-46,53,55,57-65,67-68,76,81,88-91,93-97H,7,10,14,22,30-32,80H2,1-5H3,(H2,79,92)(H,82,102)(H,83,99)(H,84,101)(H,85,103)(H,86,98)(H,87,100)(H,104,105)/b15-11+/t34-,45+,46-,53+,55-,57+,58+,59-,60+,61-,62+,63+,64+,65-,67+,68+,76-,77-/m0/s1. The van der Waals surface area contributed by atoms with Gasteiger partial charge >= 0.3 is 5.97 Å². The molecular formula is C77H88ClN9O24. The van der Waals surface area contributed by atoms with E-state index in [0.29, 0.717) is 19.3 Å². The summed E-state index contributed by atoms with van der Waals surface area (Å²) in [7, 11) is 1.48. The number of carboxylic acids is 1. The molecule has 18 atom stereocenters. The number of hydrogen-bond donors (Lipinski definition) is 19. The van der Waals surface area contributed by atoms with E-state index in [1.165, 1.54) is 51.2 Å². The number of carbonyl (C=O) groups is 8. The topological polar surface area (TPSA) is 530 Å². The van der Waals surface area contributed by atoms with E-state index >= 15 is 19.2 Å². The summed E-state index contributed by atoms with van der Waals surface area (Å²) in [6.07, 6.45) is -13.7. The number of hydrogen-bond acceptors (Lipinski definition) is 25. The monoisotopic (exact) mass is 1560 g/mol. The first kappa shape index (κ1) is 81.5. The Labute approximate surface area is 640 Å². The van der Waals surface area contributed by atoms with Crippen molar-refractivity contribution in [2.45, 2.75) is 175 Å². The van der Waals surface area contributed by atoms with Gasteiger partial charge in [-0.2, -0.15) is 0 Å². The zero-order chi connectivity index (χ0) is 80.2. The van der Waals surface area contributed by atoms with Gasteiger partial charge in [-0.25, -0.2) is 4.79 Å². The van der Waals surface area contributed by atoms with Crippen LogP contribution in [0, 0.1) is 5.92 Å². The quantitative estimate of drug-likeness (QED) is 0.0550. The van der Waals surface area contributed by atoms with E-state index in [9.17, 15) is 70.2 Å². The van der Waals surface area contributed by atoms with Gasteiger partial charge < -0.3 is 128 Å². The van der Waals surface area contributed by atoms with Crippen molar-refractivity contribution in [1.29, 1.82) is 0 Å². The number of aromatic hydroxyl groups is 3. The number of allylic oxidation sites excluding steroid dienone is 1. The molecule has 7 heterocycles. The minimum Gasteiger partial charge on any atom is -0.508 e. The van der Waals surface area contributed by atoms with E-state index in [0.717, 1.165) is 54.1 Å². The van der Waals surface area contributed by atoms with Crippen molar-refractivity contribution in [2.24, 2.45) is 17.4 Å². The molecular weight excluding hydrogens is 1470 g/mol. The summed E-state index contributed by atoms with van der Waals surface area (Å²) in [5.74, 6) is -15.4. The van der Waals surface area contributed by atoms with E-state index < -0.39 is 226 Å². The lowest BCUT2D eigenvalue weighted by molar-refractivity contribution is -0.333. The highest BCUT2D eigenvalue weighted by Crippen LogP contribution is 2.50. The van der Waals surface area contributed by atoms with Crippen LogP contribution < -0.4 is 62.9 Å². The highest BCUT2D eigenvalue weighted by Gasteiger charge is 2.52. The number of rotatable bonds is 18. The van der Waals surface area contributed by atoms with E-state index in [1.807, 2.05) is 44.2 Å². The molecule has 34 heteroatoms. The molecule has 6 aromatic carbocycles. The Kier molecular flexibility index (Phi) is 25.2. The number of nitrogens with one attached hydrogen (secondary N) is 7. The minimum absolute atomic E-state index is 0.0506. The van der Waals surface area contributed by atoms with Crippen molar-refractivity contribution < 1.29 is 118 Å². The lowest BCUT2D eigenvalue weighted by Crippen LogP contribution is -2.64. The van der Waals surface area contributed by atoms with Gasteiger partial charge in [-0.05, 0) is 135 Å². The normalized spacial score (nSPS) is 27.9. The first-order valence-corrected chi connectivity index (χ1v) is 36.1. The van der Waals surface area contributed by atoms with E-state index in [4.69, 9.17) is 51.5 Å². The van der Waals surface area contributed by atoms with Crippen LogP contribution in [0.1, 0.15) is 129 Å². The summed E-state index contributed by atoms with van der Waals surface area (Å²) in [4.78, 5) is 119. The van der Waals surface area contributed by atoms with Gasteiger partial charge in [0.15, 0.2) is 29.9 Å². The third-order valence-electron chi connectivity index (χ3n) is 19.8. The lowest BCUT2D eigenvalue weighted by atomic mass is 9.86. The predicted octanol–water partition coefficient (Wildman–Crippen LogP) is 2.49. The zero-order valence-corrected chi connectivity index (χ0v) is 61.4. The molecule has 0 aromatic heterocycles. The number of aliphatic hydroxyl groups is 6. The molecule has 2 saturated heterocycles. The van der Waals surface area contributed by atoms with Crippen LogP contribution in [0.5, 0.6) is 46.0 Å². The number of carboxylic acid groups (broad SMARTS) is 1. The van der Waals surface area contributed by atoms with Crippen molar-refractivity contribution in [1.82, 2.24) is 37.2 Å². The summed E-state index contributed by atoms with van der Waals surface area (Å²) in [5.41, 5.74) is 9.42. The summed E-state index contributed by atoms with van der Waals surface area (Å²) < 4.78 is 39.3. The molecule has 0 aliphatic carbocycles. The van der Waals surface area contributed by atoms with Crippen molar-refractivity contribution in [3.8, 4) is 57.1 Å². The third kappa shape index (κ3) is 18.3. The number of benzene rings is 6. The summed E-state index contributed by atoms with van der Waals surface area (Å²) in [6, 6.07) is 9.74. The van der Waals surface area contributed by atoms with E-state index in [1.54, 1.807) is 12.2 Å². The van der Waals surface area contributed by atoms with Crippen molar-refractivity contribution in [3.05, 3.63) is 159 Å². The fourth-order valence-corrected chi connectivity index (χ4v) is 14.2. The first-order valence-electron chi connectivity index (χ1n) is 35.7. The first-order chi connectivity index (χ1) is 52.7. The number of ether oxygens (including phenoxy) is 6. The lowest BCUT2D eigenvalue weighted by Gasteiger charge is -2.47. The number of aliphatic carboxylic acids is 1. The Balaban J connectivity index is 1.19. The molecule has 0 spiro atoms. The molecule has 7 aliphatic rings. The average Bonchev–Trinajstić information content (AvgIpc) is 0.767.